The first kappa shape index (κ1) is 15.0. The molecule has 2 heterocycles. The molecule has 2 aromatic rings. The minimum Gasteiger partial charge on any atom is -0.339 e. The summed E-state index contributed by atoms with van der Waals surface area (Å²) in [6, 6.07) is 13.3. The second-order valence-corrected chi connectivity index (χ2v) is 6.08. The molecule has 0 radical (unpaired) electrons. The molecule has 4 heteroatoms. The molecule has 1 aromatic carbocycles. The molecule has 1 saturated heterocycles. The average Bonchev–Trinajstić information content (AvgIpc) is 2.71. The standard InChI is InChI=1S/C18H24N4/c1-15-8-10-19-18(20-15)21-11-9-16(2)22(13-12-21)14-17-6-4-3-5-7-17/h3-8,10,16H,9,11-14H2,1-2H3. The Balaban J connectivity index is 1.67. The molecular weight excluding hydrogens is 272 g/mol. The van der Waals surface area contributed by atoms with Gasteiger partial charge in [0.05, 0.1) is 0 Å². The van der Waals surface area contributed by atoms with Gasteiger partial charge in [0.15, 0.2) is 0 Å². The molecule has 1 aliphatic rings. The molecule has 1 atom stereocenters. The maximum atomic E-state index is 4.57. The Kier molecular flexibility index (Phi) is 4.68. The first-order valence-electron chi connectivity index (χ1n) is 8.05. The lowest BCUT2D eigenvalue weighted by atomic mass is 10.1. The molecule has 0 spiro atoms. The third-order valence-electron chi connectivity index (χ3n) is 4.39. The molecule has 0 aliphatic carbocycles. The lowest BCUT2D eigenvalue weighted by Gasteiger charge is -2.26. The van der Waals surface area contributed by atoms with E-state index in [1.54, 1.807) is 0 Å². The van der Waals surface area contributed by atoms with Crippen LogP contribution in [0.15, 0.2) is 42.6 Å². The Morgan fingerprint density at radius 1 is 1.09 bits per heavy atom. The first-order chi connectivity index (χ1) is 10.7. The van der Waals surface area contributed by atoms with E-state index in [2.05, 4.69) is 57.0 Å². The van der Waals surface area contributed by atoms with Gasteiger partial charge >= 0.3 is 0 Å². The van der Waals surface area contributed by atoms with Gasteiger partial charge in [-0.25, -0.2) is 9.97 Å². The molecule has 1 fully saturated rings. The molecule has 0 amide bonds. The molecule has 3 rings (SSSR count). The fourth-order valence-corrected chi connectivity index (χ4v) is 2.95. The Morgan fingerprint density at radius 2 is 1.91 bits per heavy atom. The molecule has 22 heavy (non-hydrogen) atoms. The summed E-state index contributed by atoms with van der Waals surface area (Å²) in [4.78, 5) is 13.9. The van der Waals surface area contributed by atoms with Gasteiger partial charge in [0.25, 0.3) is 0 Å². The molecular formula is C18H24N4. The second-order valence-electron chi connectivity index (χ2n) is 6.08. The van der Waals surface area contributed by atoms with E-state index in [4.69, 9.17) is 0 Å². The molecule has 4 nitrogen and oxygen atoms in total. The van der Waals surface area contributed by atoms with Crippen LogP contribution in [0, 0.1) is 6.92 Å². The molecule has 0 saturated carbocycles. The van der Waals surface area contributed by atoms with Crippen LogP contribution in [0.2, 0.25) is 0 Å². The van der Waals surface area contributed by atoms with Crippen molar-refractivity contribution < 1.29 is 0 Å². The van der Waals surface area contributed by atoms with E-state index in [1.807, 2.05) is 19.2 Å². The fraction of sp³-hybridized carbons (Fsp3) is 0.444. The molecule has 0 N–H and O–H groups in total. The monoisotopic (exact) mass is 296 g/mol. The van der Waals surface area contributed by atoms with Gasteiger partial charge in [0.1, 0.15) is 0 Å². The van der Waals surface area contributed by atoms with E-state index in [0.29, 0.717) is 6.04 Å². The first-order valence-corrected chi connectivity index (χ1v) is 8.05. The zero-order valence-corrected chi connectivity index (χ0v) is 13.4. The number of hydrogen-bond donors (Lipinski definition) is 0. The van der Waals surface area contributed by atoms with Crippen LogP contribution in [-0.4, -0.2) is 40.5 Å². The molecule has 116 valence electrons. The SMILES string of the molecule is Cc1ccnc(N2CCC(C)N(Cc3ccccc3)CC2)n1. The van der Waals surface area contributed by atoms with Crippen LogP contribution in [0.3, 0.4) is 0 Å². The number of benzene rings is 1. The topological polar surface area (TPSA) is 32.3 Å². The summed E-state index contributed by atoms with van der Waals surface area (Å²) in [5.74, 6) is 0.869. The van der Waals surface area contributed by atoms with E-state index in [9.17, 15) is 0 Å². The van der Waals surface area contributed by atoms with Crippen LogP contribution in [0.4, 0.5) is 5.95 Å². The van der Waals surface area contributed by atoms with Crippen LogP contribution >= 0.6 is 0 Å². The summed E-state index contributed by atoms with van der Waals surface area (Å²) in [7, 11) is 0. The Bertz CT molecular complexity index is 599. The third-order valence-corrected chi connectivity index (χ3v) is 4.39. The summed E-state index contributed by atoms with van der Waals surface area (Å²) >= 11 is 0. The maximum absolute atomic E-state index is 4.57. The van der Waals surface area contributed by atoms with Crippen LogP contribution in [-0.2, 0) is 6.54 Å². The number of aryl methyl sites for hydroxylation is 1. The van der Waals surface area contributed by atoms with Crippen molar-refractivity contribution in [2.75, 3.05) is 24.5 Å². The average molecular weight is 296 g/mol. The normalized spacial score (nSPS) is 19.9. The largest absolute Gasteiger partial charge is 0.339 e. The van der Waals surface area contributed by atoms with Crippen molar-refractivity contribution in [1.29, 1.82) is 0 Å². The maximum Gasteiger partial charge on any atom is 0.225 e. The minimum absolute atomic E-state index is 0.579. The van der Waals surface area contributed by atoms with Gasteiger partial charge in [0, 0.05) is 44.1 Å². The fourth-order valence-electron chi connectivity index (χ4n) is 2.95. The van der Waals surface area contributed by atoms with Crippen molar-refractivity contribution in [2.45, 2.75) is 32.9 Å². The van der Waals surface area contributed by atoms with Crippen molar-refractivity contribution in [3.05, 3.63) is 53.9 Å². The van der Waals surface area contributed by atoms with Gasteiger partial charge in [-0.3, -0.25) is 4.90 Å². The van der Waals surface area contributed by atoms with E-state index in [-0.39, 0.29) is 0 Å². The van der Waals surface area contributed by atoms with Gasteiger partial charge < -0.3 is 4.90 Å². The zero-order chi connectivity index (χ0) is 15.4. The lowest BCUT2D eigenvalue weighted by molar-refractivity contribution is 0.212. The summed E-state index contributed by atoms with van der Waals surface area (Å²) in [6.07, 6.45) is 3.00. The van der Waals surface area contributed by atoms with E-state index < -0.39 is 0 Å². The van der Waals surface area contributed by atoms with Crippen molar-refractivity contribution in [3.63, 3.8) is 0 Å². The van der Waals surface area contributed by atoms with Crippen molar-refractivity contribution in [1.82, 2.24) is 14.9 Å². The van der Waals surface area contributed by atoms with E-state index in [1.165, 1.54) is 5.56 Å². The zero-order valence-electron chi connectivity index (χ0n) is 13.4. The Morgan fingerprint density at radius 3 is 2.68 bits per heavy atom. The van der Waals surface area contributed by atoms with Crippen LogP contribution in [0.1, 0.15) is 24.6 Å². The smallest absolute Gasteiger partial charge is 0.225 e. The van der Waals surface area contributed by atoms with E-state index in [0.717, 1.165) is 44.2 Å². The second kappa shape index (κ2) is 6.88. The molecule has 1 unspecified atom stereocenters. The highest BCUT2D eigenvalue weighted by molar-refractivity contribution is 5.30. The van der Waals surface area contributed by atoms with Crippen LogP contribution in [0.25, 0.3) is 0 Å². The Hall–Kier alpha value is -1.94. The van der Waals surface area contributed by atoms with Gasteiger partial charge in [-0.15, -0.1) is 0 Å². The van der Waals surface area contributed by atoms with Crippen molar-refractivity contribution in [3.8, 4) is 0 Å². The van der Waals surface area contributed by atoms with Crippen molar-refractivity contribution >= 4 is 5.95 Å². The molecule has 0 bridgehead atoms. The van der Waals surface area contributed by atoms with Gasteiger partial charge in [0.2, 0.25) is 5.95 Å². The molecule has 1 aliphatic heterocycles. The highest BCUT2D eigenvalue weighted by atomic mass is 15.3. The summed E-state index contributed by atoms with van der Waals surface area (Å²) in [5, 5.41) is 0. The number of nitrogens with zero attached hydrogens (tertiary/aromatic N) is 4. The summed E-state index contributed by atoms with van der Waals surface area (Å²) in [5.41, 5.74) is 2.41. The number of anilines is 1. The van der Waals surface area contributed by atoms with Gasteiger partial charge in [-0.05, 0) is 31.9 Å². The van der Waals surface area contributed by atoms with Crippen LogP contribution < -0.4 is 4.90 Å². The number of aromatic nitrogens is 2. The summed E-state index contributed by atoms with van der Waals surface area (Å²) < 4.78 is 0. The van der Waals surface area contributed by atoms with Crippen LogP contribution in [0.5, 0.6) is 0 Å². The predicted molar refractivity (Wildman–Crippen MR) is 89.9 cm³/mol. The molecule has 1 aromatic heterocycles. The lowest BCUT2D eigenvalue weighted by Crippen LogP contribution is -2.34. The highest BCUT2D eigenvalue weighted by Crippen LogP contribution is 2.17. The number of rotatable bonds is 3. The van der Waals surface area contributed by atoms with E-state index >= 15 is 0 Å². The third kappa shape index (κ3) is 3.63. The highest BCUT2D eigenvalue weighted by Gasteiger charge is 2.22. The summed E-state index contributed by atoms with van der Waals surface area (Å²) in [6.45, 7) is 8.42. The predicted octanol–water partition coefficient (Wildman–Crippen LogP) is 2.89. The Labute approximate surface area is 132 Å². The quantitative estimate of drug-likeness (QED) is 0.872. The number of hydrogen-bond acceptors (Lipinski definition) is 4. The van der Waals surface area contributed by atoms with Gasteiger partial charge in [-0.2, -0.15) is 0 Å². The minimum atomic E-state index is 0.579. The van der Waals surface area contributed by atoms with Gasteiger partial charge in [-0.1, -0.05) is 30.3 Å². The van der Waals surface area contributed by atoms with Crippen molar-refractivity contribution in [2.24, 2.45) is 0 Å².